The van der Waals surface area contributed by atoms with Crippen molar-refractivity contribution in [3.63, 3.8) is 0 Å². The average molecular weight is 258 g/mol. The van der Waals surface area contributed by atoms with E-state index in [1.807, 2.05) is 0 Å². The SMILES string of the molecule is CCC(CC)Cn1ccc2c(CC(C)N)cccc21. The van der Waals surface area contributed by atoms with Crippen molar-refractivity contribution in [3.05, 3.63) is 36.0 Å². The van der Waals surface area contributed by atoms with Gasteiger partial charge < -0.3 is 10.3 Å². The van der Waals surface area contributed by atoms with Crippen LogP contribution in [0.3, 0.4) is 0 Å². The van der Waals surface area contributed by atoms with Crippen LogP contribution in [0.25, 0.3) is 10.9 Å². The predicted octanol–water partition coefficient (Wildman–Crippen LogP) is 3.97. The van der Waals surface area contributed by atoms with Gasteiger partial charge in [0.05, 0.1) is 0 Å². The van der Waals surface area contributed by atoms with Crippen LogP contribution in [0.5, 0.6) is 0 Å². The molecule has 0 saturated carbocycles. The molecule has 0 aliphatic rings. The molecule has 2 rings (SSSR count). The molecule has 1 unspecified atom stereocenters. The molecule has 0 radical (unpaired) electrons. The summed E-state index contributed by atoms with van der Waals surface area (Å²) < 4.78 is 2.40. The van der Waals surface area contributed by atoms with Gasteiger partial charge in [-0.15, -0.1) is 0 Å². The number of hydrogen-bond acceptors (Lipinski definition) is 1. The summed E-state index contributed by atoms with van der Waals surface area (Å²) in [6.45, 7) is 7.75. The Bertz CT molecular complexity index is 521. The van der Waals surface area contributed by atoms with Gasteiger partial charge in [0.15, 0.2) is 0 Å². The molecule has 1 aromatic carbocycles. The van der Waals surface area contributed by atoms with E-state index < -0.39 is 0 Å². The lowest BCUT2D eigenvalue weighted by atomic mass is 10.0. The predicted molar refractivity (Wildman–Crippen MR) is 83.4 cm³/mol. The van der Waals surface area contributed by atoms with Crippen molar-refractivity contribution in [2.24, 2.45) is 11.7 Å². The minimum Gasteiger partial charge on any atom is -0.347 e. The highest BCUT2D eigenvalue weighted by molar-refractivity contribution is 5.83. The first kappa shape index (κ1) is 14.1. The molecule has 1 aromatic heterocycles. The van der Waals surface area contributed by atoms with Crippen LogP contribution < -0.4 is 5.73 Å². The quantitative estimate of drug-likeness (QED) is 0.835. The van der Waals surface area contributed by atoms with Gasteiger partial charge in [0, 0.05) is 29.7 Å². The number of hydrogen-bond donors (Lipinski definition) is 1. The van der Waals surface area contributed by atoms with Gasteiger partial charge in [-0.2, -0.15) is 0 Å². The van der Waals surface area contributed by atoms with Crippen molar-refractivity contribution in [3.8, 4) is 0 Å². The van der Waals surface area contributed by atoms with E-state index >= 15 is 0 Å². The highest BCUT2D eigenvalue weighted by Gasteiger charge is 2.10. The maximum absolute atomic E-state index is 5.94. The van der Waals surface area contributed by atoms with Crippen molar-refractivity contribution in [1.29, 1.82) is 0 Å². The summed E-state index contributed by atoms with van der Waals surface area (Å²) in [6.07, 6.45) is 5.67. The second-order valence-corrected chi connectivity index (χ2v) is 5.68. The van der Waals surface area contributed by atoms with Gasteiger partial charge in [0.25, 0.3) is 0 Å². The van der Waals surface area contributed by atoms with Gasteiger partial charge in [-0.3, -0.25) is 0 Å². The van der Waals surface area contributed by atoms with E-state index in [0.717, 1.165) is 18.9 Å². The summed E-state index contributed by atoms with van der Waals surface area (Å²) in [6, 6.07) is 9.04. The molecule has 0 aliphatic carbocycles. The highest BCUT2D eigenvalue weighted by atomic mass is 15.0. The molecule has 1 heterocycles. The Morgan fingerprint density at radius 3 is 2.53 bits per heavy atom. The summed E-state index contributed by atoms with van der Waals surface area (Å²) in [5.41, 5.74) is 8.66. The molecule has 0 saturated heterocycles. The number of nitrogens with two attached hydrogens (primary N) is 1. The Morgan fingerprint density at radius 1 is 1.16 bits per heavy atom. The van der Waals surface area contributed by atoms with Crippen molar-refractivity contribution in [2.75, 3.05) is 0 Å². The van der Waals surface area contributed by atoms with Crippen molar-refractivity contribution in [2.45, 2.75) is 52.6 Å². The molecule has 19 heavy (non-hydrogen) atoms. The first-order valence-corrected chi connectivity index (χ1v) is 7.48. The Labute approximate surface area is 116 Å². The van der Waals surface area contributed by atoms with Crippen LogP contribution in [0.4, 0.5) is 0 Å². The van der Waals surface area contributed by atoms with Crippen LogP contribution in [0.1, 0.15) is 39.2 Å². The smallest absolute Gasteiger partial charge is 0.0483 e. The number of rotatable bonds is 6. The zero-order valence-electron chi connectivity index (χ0n) is 12.4. The van der Waals surface area contributed by atoms with Crippen LogP contribution in [-0.4, -0.2) is 10.6 Å². The zero-order valence-corrected chi connectivity index (χ0v) is 12.4. The van der Waals surface area contributed by atoms with Gasteiger partial charge in [0.2, 0.25) is 0 Å². The molecule has 0 bridgehead atoms. The monoisotopic (exact) mass is 258 g/mol. The summed E-state index contributed by atoms with van der Waals surface area (Å²) in [4.78, 5) is 0. The van der Waals surface area contributed by atoms with E-state index in [0.29, 0.717) is 0 Å². The number of aromatic nitrogens is 1. The third-order valence-electron chi connectivity index (χ3n) is 4.06. The molecule has 104 valence electrons. The van der Waals surface area contributed by atoms with Gasteiger partial charge in [0.1, 0.15) is 0 Å². The molecule has 0 spiro atoms. The number of benzene rings is 1. The van der Waals surface area contributed by atoms with Crippen LogP contribution in [0.2, 0.25) is 0 Å². The average Bonchev–Trinajstić information content (AvgIpc) is 2.79. The minimum absolute atomic E-state index is 0.216. The molecular formula is C17H26N2. The van der Waals surface area contributed by atoms with E-state index in [1.165, 1.54) is 29.3 Å². The van der Waals surface area contributed by atoms with Crippen molar-refractivity contribution in [1.82, 2.24) is 4.57 Å². The standard InChI is InChI=1S/C17H26N2/c1-4-14(5-2)12-19-10-9-16-15(11-13(3)18)7-6-8-17(16)19/h6-10,13-14H,4-5,11-12,18H2,1-3H3. The first-order valence-electron chi connectivity index (χ1n) is 7.48. The summed E-state index contributed by atoms with van der Waals surface area (Å²) in [7, 11) is 0. The largest absolute Gasteiger partial charge is 0.347 e. The second-order valence-electron chi connectivity index (χ2n) is 5.68. The van der Waals surface area contributed by atoms with Crippen LogP contribution in [0, 0.1) is 5.92 Å². The van der Waals surface area contributed by atoms with E-state index in [9.17, 15) is 0 Å². The lowest BCUT2D eigenvalue weighted by molar-refractivity contribution is 0.425. The Hall–Kier alpha value is -1.28. The molecule has 2 heteroatoms. The maximum Gasteiger partial charge on any atom is 0.0483 e. The minimum atomic E-state index is 0.216. The van der Waals surface area contributed by atoms with E-state index in [1.54, 1.807) is 0 Å². The number of fused-ring (bicyclic) bond motifs is 1. The van der Waals surface area contributed by atoms with Crippen molar-refractivity contribution < 1.29 is 0 Å². The summed E-state index contributed by atoms with van der Waals surface area (Å²) in [5, 5.41) is 1.37. The Morgan fingerprint density at radius 2 is 1.89 bits per heavy atom. The van der Waals surface area contributed by atoms with Crippen molar-refractivity contribution >= 4 is 10.9 Å². The second kappa shape index (κ2) is 6.25. The molecule has 0 fully saturated rings. The fourth-order valence-electron chi connectivity index (χ4n) is 2.80. The molecule has 2 aromatic rings. The van der Waals surface area contributed by atoms with Gasteiger partial charge in [-0.25, -0.2) is 0 Å². The third kappa shape index (κ3) is 3.19. The molecule has 1 atom stereocenters. The third-order valence-corrected chi connectivity index (χ3v) is 4.06. The highest BCUT2D eigenvalue weighted by Crippen LogP contribution is 2.23. The fourth-order valence-corrected chi connectivity index (χ4v) is 2.80. The summed E-state index contributed by atoms with van der Waals surface area (Å²) >= 11 is 0. The van der Waals surface area contributed by atoms with E-state index in [-0.39, 0.29) is 6.04 Å². The van der Waals surface area contributed by atoms with Gasteiger partial charge >= 0.3 is 0 Å². The molecule has 0 amide bonds. The topological polar surface area (TPSA) is 30.9 Å². The first-order chi connectivity index (χ1) is 9.15. The fraction of sp³-hybridized carbons (Fsp3) is 0.529. The Kier molecular flexibility index (Phi) is 4.65. The van der Waals surface area contributed by atoms with Gasteiger partial charge in [-0.1, -0.05) is 38.8 Å². The number of nitrogens with zero attached hydrogens (tertiary/aromatic N) is 1. The van der Waals surface area contributed by atoms with E-state index in [4.69, 9.17) is 5.73 Å². The Balaban J connectivity index is 2.32. The molecule has 0 aliphatic heterocycles. The normalized spacial score (nSPS) is 13.3. The lowest BCUT2D eigenvalue weighted by Crippen LogP contribution is -2.17. The zero-order chi connectivity index (χ0) is 13.8. The van der Waals surface area contributed by atoms with Gasteiger partial charge in [-0.05, 0) is 37.0 Å². The maximum atomic E-state index is 5.94. The van der Waals surface area contributed by atoms with Crippen LogP contribution in [0.15, 0.2) is 30.5 Å². The lowest BCUT2D eigenvalue weighted by Gasteiger charge is -2.15. The van der Waals surface area contributed by atoms with Crippen LogP contribution >= 0.6 is 0 Å². The summed E-state index contributed by atoms with van der Waals surface area (Å²) in [5.74, 6) is 0.771. The van der Waals surface area contributed by atoms with E-state index in [2.05, 4.69) is 55.8 Å². The van der Waals surface area contributed by atoms with Crippen LogP contribution in [-0.2, 0) is 13.0 Å². The molecule has 2 nitrogen and oxygen atoms in total. The molecule has 2 N–H and O–H groups in total. The molecular weight excluding hydrogens is 232 g/mol.